The summed E-state index contributed by atoms with van der Waals surface area (Å²) in [5, 5.41) is 3.27. The zero-order chi connectivity index (χ0) is 14.3. The molecule has 0 amide bonds. The van der Waals surface area contributed by atoms with Crippen molar-refractivity contribution in [3.05, 3.63) is 0 Å². The number of aliphatic imine (C=N–C) groups is 1. The topological polar surface area (TPSA) is 59.6 Å². The zero-order valence-electron chi connectivity index (χ0n) is 13.0. The van der Waals surface area contributed by atoms with Crippen LogP contribution < -0.4 is 11.1 Å². The Morgan fingerprint density at radius 1 is 1.37 bits per heavy atom. The molecule has 0 aromatic heterocycles. The van der Waals surface area contributed by atoms with Gasteiger partial charge in [0.2, 0.25) is 0 Å². The van der Waals surface area contributed by atoms with Crippen molar-refractivity contribution in [2.45, 2.75) is 71.4 Å². The maximum Gasteiger partial charge on any atom is 0.188 e. The molecule has 1 saturated heterocycles. The van der Waals surface area contributed by atoms with Gasteiger partial charge in [-0.3, -0.25) is 4.99 Å². The molecule has 0 aromatic carbocycles. The Morgan fingerprint density at radius 2 is 2.11 bits per heavy atom. The smallest absolute Gasteiger partial charge is 0.188 e. The van der Waals surface area contributed by atoms with Gasteiger partial charge < -0.3 is 15.8 Å². The molecule has 0 radical (unpaired) electrons. The van der Waals surface area contributed by atoms with E-state index in [1.165, 1.54) is 12.8 Å². The summed E-state index contributed by atoms with van der Waals surface area (Å²) in [6, 6.07) is 0.389. The van der Waals surface area contributed by atoms with Crippen LogP contribution in [0.3, 0.4) is 0 Å². The van der Waals surface area contributed by atoms with Crippen molar-refractivity contribution in [2.24, 2.45) is 16.6 Å². The van der Waals surface area contributed by atoms with Gasteiger partial charge in [0, 0.05) is 12.6 Å². The second-order valence-electron chi connectivity index (χ2n) is 6.47. The molecule has 1 aliphatic rings. The molecule has 4 nitrogen and oxygen atoms in total. The molecule has 0 saturated carbocycles. The minimum Gasteiger partial charge on any atom is -0.373 e. The lowest BCUT2D eigenvalue weighted by Crippen LogP contribution is -2.40. The Labute approximate surface area is 118 Å². The molecule has 0 aliphatic carbocycles. The maximum absolute atomic E-state index is 5.93. The fraction of sp³-hybridized carbons (Fsp3) is 0.933. The molecule has 2 unspecified atom stereocenters. The van der Waals surface area contributed by atoms with E-state index in [1.807, 2.05) is 0 Å². The van der Waals surface area contributed by atoms with Gasteiger partial charge in [-0.25, -0.2) is 0 Å². The molecule has 4 heteroatoms. The summed E-state index contributed by atoms with van der Waals surface area (Å²) in [7, 11) is 0. The first-order valence-corrected chi connectivity index (χ1v) is 7.62. The van der Waals surface area contributed by atoms with Crippen LogP contribution >= 0.6 is 0 Å². The fourth-order valence-corrected chi connectivity index (χ4v) is 2.42. The average Bonchev–Trinajstić information content (AvgIpc) is 2.74. The van der Waals surface area contributed by atoms with Gasteiger partial charge in [-0.15, -0.1) is 0 Å². The first kappa shape index (κ1) is 16.3. The fourth-order valence-electron chi connectivity index (χ4n) is 2.42. The first-order valence-electron chi connectivity index (χ1n) is 7.62. The van der Waals surface area contributed by atoms with Crippen molar-refractivity contribution in [1.29, 1.82) is 0 Å². The van der Waals surface area contributed by atoms with Crippen LogP contribution in [0.2, 0.25) is 0 Å². The number of hydrogen-bond donors (Lipinski definition) is 2. The number of ether oxygens (including phenoxy) is 1. The zero-order valence-corrected chi connectivity index (χ0v) is 13.0. The normalized spacial score (nSPS) is 25.8. The van der Waals surface area contributed by atoms with Crippen LogP contribution in [-0.4, -0.2) is 30.8 Å². The SMILES string of the molecule is CC(C)CCCC(C)NC(N)=NCC1(C)CCCO1. The number of guanidine groups is 1. The van der Waals surface area contributed by atoms with Crippen LogP contribution in [0.25, 0.3) is 0 Å². The predicted octanol–water partition coefficient (Wildman–Crippen LogP) is 2.67. The molecule has 1 aliphatic heterocycles. The quantitative estimate of drug-likeness (QED) is 0.552. The van der Waals surface area contributed by atoms with Gasteiger partial charge in [-0.1, -0.05) is 26.7 Å². The number of hydrogen-bond acceptors (Lipinski definition) is 2. The Hall–Kier alpha value is -0.770. The highest BCUT2D eigenvalue weighted by Gasteiger charge is 2.29. The molecule has 112 valence electrons. The second kappa shape index (κ2) is 7.73. The molecule has 1 fully saturated rings. The summed E-state index contributed by atoms with van der Waals surface area (Å²) in [6.07, 6.45) is 5.86. The van der Waals surface area contributed by atoms with E-state index in [-0.39, 0.29) is 5.60 Å². The van der Waals surface area contributed by atoms with Gasteiger partial charge in [0.25, 0.3) is 0 Å². The molecule has 0 spiro atoms. The second-order valence-corrected chi connectivity index (χ2v) is 6.47. The Bertz CT molecular complexity index is 283. The molecule has 0 aromatic rings. The molecule has 1 rings (SSSR count). The van der Waals surface area contributed by atoms with E-state index in [0.717, 1.165) is 31.8 Å². The minimum absolute atomic E-state index is 0.104. The van der Waals surface area contributed by atoms with Crippen molar-refractivity contribution in [2.75, 3.05) is 13.2 Å². The van der Waals surface area contributed by atoms with Gasteiger partial charge in [-0.05, 0) is 39.0 Å². The number of nitrogens with one attached hydrogen (secondary N) is 1. The number of nitrogens with two attached hydrogens (primary N) is 1. The van der Waals surface area contributed by atoms with E-state index in [0.29, 0.717) is 18.5 Å². The standard InChI is InChI=1S/C15H31N3O/c1-12(2)7-5-8-13(3)18-14(16)17-11-15(4)9-6-10-19-15/h12-13H,5-11H2,1-4H3,(H3,16,17,18). The van der Waals surface area contributed by atoms with Gasteiger partial charge in [0.05, 0.1) is 12.1 Å². The monoisotopic (exact) mass is 269 g/mol. The molecule has 2 atom stereocenters. The van der Waals surface area contributed by atoms with E-state index in [1.54, 1.807) is 0 Å². The van der Waals surface area contributed by atoms with Crippen LogP contribution in [-0.2, 0) is 4.74 Å². The van der Waals surface area contributed by atoms with Crippen molar-refractivity contribution < 1.29 is 4.74 Å². The molecule has 1 heterocycles. The lowest BCUT2D eigenvalue weighted by molar-refractivity contribution is 0.0284. The largest absolute Gasteiger partial charge is 0.373 e. The molecule has 19 heavy (non-hydrogen) atoms. The molecular weight excluding hydrogens is 238 g/mol. The third-order valence-corrected chi connectivity index (χ3v) is 3.70. The van der Waals surface area contributed by atoms with E-state index in [2.05, 4.69) is 38.0 Å². The highest BCUT2D eigenvalue weighted by Crippen LogP contribution is 2.24. The van der Waals surface area contributed by atoms with Gasteiger partial charge >= 0.3 is 0 Å². The van der Waals surface area contributed by atoms with Crippen LogP contribution in [0, 0.1) is 5.92 Å². The van der Waals surface area contributed by atoms with Crippen molar-refractivity contribution in [1.82, 2.24) is 5.32 Å². The highest BCUT2D eigenvalue weighted by molar-refractivity contribution is 5.78. The van der Waals surface area contributed by atoms with Crippen LogP contribution in [0.4, 0.5) is 0 Å². The predicted molar refractivity (Wildman–Crippen MR) is 81.4 cm³/mol. The van der Waals surface area contributed by atoms with E-state index in [9.17, 15) is 0 Å². The Morgan fingerprint density at radius 3 is 2.68 bits per heavy atom. The molecular formula is C15H31N3O. The summed E-state index contributed by atoms with van der Waals surface area (Å²) in [6.45, 7) is 10.3. The van der Waals surface area contributed by atoms with Crippen LogP contribution in [0.1, 0.15) is 59.8 Å². The van der Waals surface area contributed by atoms with Crippen LogP contribution in [0.5, 0.6) is 0 Å². The van der Waals surface area contributed by atoms with E-state index in [4.69, 9.17) is 10.5 Å². The Balaban J connectivity index is 2.23. The summed E-state index contributed by atoms with van der Waals surface area (Å²) in [5.74, 6) is 1.33. The van der Waals surface area contributed by atoms with Gasteiger partial charge in [0.1, 0.15) is 0 Å². The van der Waals surface area contributed by atoms with Gasteiger partial charge in [-0.2, -0.15) is 0 Å². The average molecular weight is 269 g/mol. The van der Waals surface area contributed by atoms with Crippen molar-refractivity contribution in [3.8, 4) is 0 Å². The summed E-state index contributed by atoms with van der Waals surface area (Å²) in [5.41, 5.74) is 5.82. The third-order valence-electron chi connectivity index (χ3n) is 3.70. The number of nitrogens with zero attached hydrogens (tertiary/aromatic N) is 1. The number of rotatable bonds is 7. The minimum atomic E-state index is -0.104. The first-order chi connectivity index (χ1) is 8.91. The van der Waals surface area contributed by atoms with Crippen LogP contribution in [0.15, 0.2) is 4.99 Å². The highest BCUT2D eigenvalue weighted by atomic mass is 16.5. The van der Waals surface area contributed by atoms with E-state index < -0.39 is 0 Å². The van der Waals surface area contributed by atoms with E-state index >= 15 is 0 Å². The summed E-state index contributed by atoms with van der Waals surface area (Å²) < 4.78 is 5.70. The van der Waals surface area contributed by atoms with Crippen molar-refractivity contribution in [3.63, 3.8) is 0 Å². The third kappa shape index (κ3) is 6.81. The lowest BCUT2D eigenvalue weighted by Gasteiger charge is -2.21. The summed E-state index contributed by atoms with van der Waals surface area (Å²) in [4.78, 5) is 4.42. The molecule has 0 bridgehead atoms. The Kier molecular flexibility index (Phi) is 6.63. The van der Waals surface area contributed by atoms with Crippen molar-refractivity contribution >= 4 is 5.96 Å². The molecule has 3 N–H and O–H groups in total. The lowest BCUT2D eigenvalue weighted by atomic mass is 10.0. The summed E-state index contributed by atoms with van der Waals surface area (Å²) >= 11 is 0. The van der Waals surface area contributed by atoms with Gasteiger partial charge in [0.15, 0.2) is 5.96 Å². The maximum atomic E-state index is 5.93.